The highest BCUT2D eigenvalue weighted by atomic mass is 79.9. The van der Waals surface area contributed by atoms with Crippen LogP contribution in [0.5, 0.6) is 0 Å². The van der Waals surface area contributed by atoms with Gasteiger partial charge in [-0.3, -0.25) is 0 Å². The molecule has 0 aliphatic carbocycles. The van der Waals surface area contributed by atoms with Gasteiger partial charge in [0, 0.05) is 27.6 Å². The average Bonchev–Trinajstić information content (AvgIpc) is 2.86. The topological polar surface area (TPSA) is 39.3 Å². The predicted octanol–water partition coefficient (Wildman–Crippen LogP) is 4.58. The number of nitrogens with zero attached hydrogens (tertiary/aromatic N) is 1. The predicted molar refractivity (Wildman–Crippen MR) is 91.2 cm³/mol. The second-order valence-electron chi connectivity index (χ2n) is 5.93. The molecule has 0 spiro atoms. The summed E-state index contributed by atoms with van der Waals surface area (Å²) in [4.78, 5) is 3.51. The van der Waals surface area contributed by atoms with Gasteiger partial charge in [0.15, 0.2) is 0 Å². The first-order chi connectivity index (χ1) is 10.6. The van der Waals surface area contributed by atoms with Crippen LogP contribution in [0.4, 0.5) is 0 Å². The SMILES string of the molecule is Cc1ccc(C2c3[nH]c4ccc(Br)cc4c3CCN2O)cc1. The summed E-state index contributed by atoms with van der Waals surface area (Å²) in [6, 6.07) is 14.5. The zero-order valence-corrected chi connectivity index (χ0v) is 13.9. The number of aryl methyl sites for hydroxylation is 1. The van der Waals surface area contributed by atoms with Crippen molar-refractivity contribution in [1.82, 2.24) is 10.0 Å². The molecule has 0 saturated carbocycles. The Morgan fingerprint density at radius 1 is 1.18 bits per heavy atom. The highest BCUT2D eigenvalue weighted by Crippen LogP contribution is 2.38. The molecule has 22 heavy (non-hydrogen) atoms. The summed E-state index contributed by atoms with van der Waals surface area (Å²) >= 11 is 3.55. The van der Waals surface area contributed by atoms with E-state index < -0.39 is 0 Å². The Morgan fingerprint density at radius 3 is 2.73 bits per heavy atom. The van der Waals surface area contributed by atoms with Crippen LogP contribution in [0.25, 0.3) is 10.9 Å². The van der Waals surface area contributed by atoms with Gasteiger partial charge in [-0.25, -0.2) is 0 Å². The van der Waals surface area contributed by atoms with Crippen molar-refractivity contribution in [3.05, 3.63) is 69.3 Å². The molecule has 4 rings (SSSR count). The Kier molecular flexibility index (Phi) is 3.33. The van der Waals surface area contributed by atoms with E-state index in [-0.39, 0.29) is 6.04 Å². The van der Waals surface area contributed by atoms with Gasteiger partial charge < -0.3 is 10.2 Å². The van der Waals surface area contributed by atoms with Crippen molar-refractivity contribution in [2.45, 2.75) is 19.4 Å². The third-order valence-electron chi connectivity index (χ3n) is 4.46. The molecule has 0 fully saturated rings. The number of fused-ring (bicyclic) bond motifs is 3. The maximum absolute atomic E-state index is 10.4. The average molecular weight is 357 g/mol. The molecular weight excluding hydrogens is 340 g/mol. The van der Waals surface area contributed by atoms with Crippen LogP contribution >= 0.6 is 15.9 Å². The van der Waals surface area contributed by atoms with E-state index in [1.54, 1.807) is 0 Å². The molecule has 4 heteroatoms. The number of hydrogen-bond acceptors (Lipinski definition) is 2. The molecule has 2 aromatic carbocycles. The van der Waals surface area contributed by atoms with E-state index in [0.29, 0.717) is 6.54 Å². The van der Waals surface area contributed by atoms with Gasteiger partial charge in [0.2, 0.25) is 0 Å². The summed E-state index contributed by atoms with van der Waals surface area (Å²) in [5.74, 6) is 0. The first-order valence-corrected chi connectivity index (χ1v) is 8.25. The fraction of sp³-hybridized carbons (Fsp3) is 0.222. The Balaban J connectivity index is 1.91. The molecule has 0 saturated heterocycles. The smallest absolute Gasteiger partial charge is 0.100 e. The van der Waals surface area contributed by atoms with E-state index in [4.69, 9.17) is 0 Å². The number of hydrogen-bond donors (Lipinski definition) is 2. The molecule has 1 atom stereocenters. The zero-order valence-electron chi connectivity index (χ0n) is 12.3. The second kappa shape index (κ2) is 5.23. The van der Waals surface area contributed by atoms with Crippen molar-refractivity contribution in [3.63, 3.8) is 0 Å². The molecule has 112 valence electrons. The lowest BCUT2D eigenvalue weighted by atomic mass is 9.93. The quantitative estimate of drug-likeness (QED) is 0.669. The molecule has 3 aromatic rings. The van der Waals surface area contributed by atoms with Gasteiger partial charge in [0.05, 0.1) is 0 Å². The van der Waals surface area contributed by atoms with Crippen LogP contribution in [0, 0.1) is 6.92 Å². The van der Waals surface area contributed by atoms with Crippen molar-refractivity contribution in [3.8, 4) is 0 Å². The Bertz CT molecular complexity index is 838. The van der Waals surface area contributed by atoms with Gasteiger partial charge in [-0.1, -0.05) is 45.8 Å². The summed E-state index contributed by atoms with van der Waals surface area (Å²) in [7, 11) is 0. The molecule has 0 amide bonds. The maximum atomic E-state index is 10.4. The second-order valence-corrected chi connectivity index (χ2v) is 6.85. The van der Waals surface area contributed by atoms with Gasteiger partial charge in [-0.15, -0.1) is 0 Å². The number of aromatic nitrogens is 1. The van der Waals surface area contributed by atoms with E-state index in [1.807, 2.05) is 6.07 Å². The molecular formula is C18H17BrN2O. The van der Waals surface area contributed by atoms with E-state index in [0.717, 1.165) is 27.7 Å². The summed E-state index contributed by atoms with van der Waals surface area (Å²) in [5, 5.41) is 13.1. The van der Waals surface area contributed by atoms with Gasteiger partial charge in [0.25, 0.3) is 0 Å². The summed E-state index contributed by atoms with van der Waals surface area (Å²) < 4.78 is 1.08. The van der Waals surface area contributed by atoms with E-state index in [1.165, 1.54) is 21.6 Å². The minimum absolute atomic E-state index is 0.129. The maximum Gasteiger partial charge on any atom is 0.100 e. The van der Waals surface area contributed by atoms with Gasteiger partial charge >= 0.3 is 0 Å². The third kappa shape index (κ3) is 2.19. The summed E-state index contributed by atoms with van der Waals surface area (Å²) in [6.07, 6.45) is 0.852. The van der Waals surface area contributed by atoms with E-state index >= 15 is 0 Å². The van der Waals surface area contributed by atoms with Gasteiger partial charge in [0.1, 0.15) is 6.04 Å². The normalized spacial score (nSPS) is 18.6. The van der Waals surface area contributed by atoms with Crippen LogP contribution in [0.2, 0.25) is 0 Å². The Labute approximate surface area is 137 Å². The Morgan fingerprint density at radius 2 is 1.95 bits per heavy atom. The van der Waals surface area contributed by atoms with Crippen molar-refractivity contribution in [1.29, 1.82) is 0 Å². The summed E-state index contributed by atoms with van der Waals surface area (Å²) in [5.41, 5.74) is 5.88. The molecule has 0 bridgehead atoms. The van der Waals surface area contributed by atoms with Crippen LogP contribution < -0.4 is 0 Å². The lowest BCUT2D eigenvalue weighted by Crippen LogP contribution is -2.33. The minimum Gasteiger partial charge on any atom is -0.356 e. The van der Waals surface area contributed by atoms with Crippen molar-refractivity contribution in [2.24, 2.45) is 0 Å². The summed E-state index contributed by atoms with van der Waals surface area (Å²) in [6.45, 7) is 2.72. The van der Waals surface area contributed by atoms with E-state index in [2.05, 4.69) is 64.2 Å². The molecule has 2 heterocycles. The third-order valence-corrected chi connectivity index (χ3v) is 4.95. The fourth-order valence-corrected chi connectivity index (χ4v) is 3.70. The molecule has 0 radical (unpaired) electrons. The molecule has 2 N–H and O–H groups in total. The number of benzene rings is 2. The van der Waals surface area contributed by atoms with Gasteiger partial charge in [-0.2, -0.15) is 5.06 Å². The standard InChI is InChI=1S/C18H17BrN2O/c1-11-2-4-12(5-3-11)18-17-14(8-9-21(18)22)15-10-13(19)6-7-16(15)20-17/h2-7,10,18,20,22H,8-9H2,1H3. The van der Waals surface area contributed by atoms with Crippen LogP contribution in [-0.4, -0.2) is 21.8 Å². The molecule has 3 nitrogen and oxygen atoms in total. The molecule has 1 unspecified atom stereocenters. The number of aromatic amines is 1. The first kappa shape index (κ1) is 14.0. The largest absolute Gasteiger partial charge is 0.356 e. The van der Waals surface area contributed by atoms with E-state index in [9.17, 15) is 5.21 Å². The van der Waals surface area contributed by atoms with Crippen molar-refractivity contribution < 1.29 is 5.21 Å². The van der Waals surface area contributed by atoms with Gasteiger partial charge in [-0.05, 0) is 42.7 Å². The monoisotopic (exact) mass is 356 g/mol. The number of H-pyrrole nitrogens is 1. The Hall–Kier alpha value is -1.62. The lowest BCUT2D eigenvalue weighted by Gasteiger charge is -2.31. The van der Waals surface area contributed by atoms with Crippen molar-refractivity contribution >= 4 is 26.8 Å². The number of rotatable bonds is 1. The number of hydroxylamine groups is 2. The first-order valence-electron chi connectivity index (χ1n) is 7.45. The van der Waals surface area contributed by atoms with Crippen LogP contribution in [0.3, 0.4) is 0 Å². The number of nitrogens with one attached hydrogen (secondary N) is 1. The van der Waals surface area contributed by atoms with Crippen LogP contribution in [0.1, 0.15) is 28.4 Å². The van der Waals surface area contributed by atoms with Crippen LogP contribution in [-0.2, 0) is 6.42 Å². The highest BCUT2D eigenvalue weighted by Gasteiger charge is 2.30. The van der Waals surface area contributed by atoms with Crippen LogP contribution in [0.15, 0.2) is 46.9 Å². The molecule has 1 aromatic heterocycles. The highest BCUT2D eigenvalue weighted by molar-refractivity contribution is 9.10. The van der Waals surface area contributed by atoms with Crippen molar-refractivity contribution in [2.75, 3.05) is 6.54 Å². The molecule has 1 aliphatic heterocycles. The number of halogens is 1. The molecule has 1 aliphatic rings. The fourth-order valence-electron chi connectivity index (χ4n) is 3.34. The minimum atomic E-state index is -0.129. The zero-order chi connectivity index (χ0) is 15.3. The lowest BCUT2D eigenvalue weighted by molar-refractivity contribution is -0.122.